The molecule has 34 heavy (non-hydrogen) atoms. The summed E-state index contributed by atoms with van der Waals surface area (Å²) in [5, 5.41) is 0. The Morgan fingerprint density at radius 1 is 0.941 bits per heavy atom. The van der Waals surface area contributed by atoms with Crippen molar-refractivity contribution in [3.05, 3.63) is 83.4 Å². The van der Waals surface area contributed by atoms with Crippen molar-refractivity contribution in [1.82, 2.24) is 4.90 Å². The average molecular weight is 477 g/mol. The lowest BCUT2D eigenvalue weighted by Crippen LogP contribution is -2.48. The maximum Gasteiger partial charge on any atom is 0.253 e. The highest BCUT2D eigenvalue weighted by Gasteiger charge is 2.23. The first-order valence-electron chi connectivity index (χ1n) is 11.7. The number of rotatable bonds is 8. The predicted molar refractivity (Wildman–Crippen MR) is 139 cm³/mol. The second kappa shape index (κ2) is 11.3. The fourth-order valence-electron chi connectivity index (χ4n) is 4.06. The van der Waals surface area contributed by atoms with Crippen LogP contribution in [0.1, 0.15) is 28.4 Å². The number of methoxy groups -OCH3 is 1. The van der Waals surface area contributed by atoms with Crippen LogP contribution in [0.4, 0.5) is 5.69 Å². The minimum absolute atomic E-state index is 0.0824. The van der Waals surface area contributed by atoms with E-state index in [1.807, 2.05) is 42.2 Å². The zero-order valence-corrected chi connectivity index (χ0v) is 20.9. The van der Waals surface area contributed by atoms with Gasteiger partial charge in [-0.2, -0.15) is 0 Å². The smallest absolute Gasteiger partial charge is 0.253 e. The second-order valence-electron chi connectivity index (χ2n) is 8.33. The topological polar surface area (TPSA) is 42.0 Å². The molecule has 0 aliphatic carbocycles. The van der Waals surface area contributed by atoms with E-state index >= 15 is 0 Å². The van der Waals surface area contributed by atoms with Crippen LogP contribution in [0, 0.1) is 6.92 Å². The number of aryl methyl sites for hydroxylation is 1. The van der Waals surface area contributed by atoms with Crippen molar-refractivity contribution >= 4 is 23.4 Å². The summed E-state index contributed by atoms with van der Waals surface area (Å²) in [6, 6.07) is 22.4. The quantitative estimate of drug-likeness (QED) is 0.393. The molecule has 0 spiro atoms. The van der Waals surface area contributed by atoms with Gasteiger partial charge in [0.25, 0.3) is 5.91 Å². The number of nitrogens with zero attached hydrogens (tertiary/aromatic N) is 2. The molecule has 6 heteroatoms. The molecule has 4 rings (SSSR count). The number of ether oxygens (including phenoxy) is 2. The number of carbonyl (C=O) groups is 1. The highest BCUT2D eigenvalue weighted by Crippen LogP contribution is 2.30. The largest absolute Gasteiger partial charge is 0.497 e. The van der Waals surface area contributed by atoms with Gasteiger partial charge in [-0.05, 0) is 68.4 Å². The Kier molecular flexibility index (Phi) is 8.01. The fraction of sp³-hybridized carbons (Fsp3) is 0.321. The Morgan fingerprint density at radius 2 is 1.65 bits per heavy atom. The fourth-order valence-corrected chi connectivity index (χ4v) is 4.94. The van der Waals surface area contributed by atoms with Gasteiger partial charge in [0.05, 0.1) is 13.7 Å². The molecule has 0 saturated carbocycles. The zero-order valence-electron chi connectivity index (χ0n) is 20.1. The molecular formula is C28H32N2O3S. The van der Waals surface area contributed by atoms with Crippen molar-refractivity contribution in [2.75, 3.05) is 44.8 Å². The summed E-state index contributed by atoms with van der Waals surface area (Å²) in [6.07, 6.45) is 0. The molecule has 178 valence electrons. The van der Waals surface area contributed by atoms with Gasteiger partial charge in [0, 0.05) is 53.6 Å². The van der Waals surface area contributed by atoms with Crippen molar-refractivity contribution in [3.63, 3.8) is 0 Å². The van der Waals surface area contributed by atoms with Crippen molar-refractivity contribution in [3.8, 4) is 11.5 Å². The minimum Gasteiger partial charge on any atom is -0.497 e. The number of carbonyl (C=O) groups excluding carboxylic acids is 1. The summed E-state index contributed by atoms with van der Waals surface area (Å²) in [7, 11) is 1.67. The Hall–Kier alpha value is -3.12. The average Bonchev–Trinajstić information content (AvgIpc) is 2.89. The maximum absolute atomic E-state index is 13.3. The van der Waals surface area contributed by atoms with Crippen LogP contribution in [0.3, 0.4) is 0 Å². The van der Waals surface area contributed by atoms with Gasteiger partial charge < -0.3 is 19.3 Å². The lowest BCUT2D eigenvalue weighted by atomic mass is 10.1. The number of anilines is 1. The molecule has 1 fully saturated rings. The third kappa shape index (κ3) is 5.86. The van der Waals surface area contributed by atoms with Crippen LogP contribution in [0.25, 0.3) is 0 Å². The van der Waals surface area contributed by atoms with Gasteiger partial charge in [-0.15, -0.1) is 11.8 Å². The number of thioether (sulfide) groups is 1. The van der Waals surface area contributed by atoms with Gasteiger partial charge in [-0.1, -0.05) is 17.7 Å². The number of amides is 1. The number of hydrogen-bond acceptors (Lipinski definition) is 5. The van der Waals surface area contributed by atoms with Crippen molar-refractivity contribution < 1.29 is 14.3 Å². The number of hydrogen-bond donors (Lipinski definition) is 0. The summed E-state index contributed by atoms with van der Waals surface area (Å²) in [5.41, 5.74) is 4.18. The highest BCUT2D eigenvalue weighted by atomic mass is 32.2. The molecule has 0 radical (unpaired) electrons. The summed E-state index contributed by atoms with van der Waals surface area (Å²) < 4.78 is 11.1. The van der Waals surface area contributed by atoms with E-state index in [0.717, 1.165) is 47.2 Å². The van der Waals surface area contributed by atoms with Crippen LogP contribution >= 0.6 is 11.8 Å². The Morgan fingerprint density at radius 3 is 2.29 bits per heavy atom. The number of piperazine rings is 1. The van der Waals surface area contributed by atoms with E-state index in [0.29, 0.717) is 19.7 Å². The van der Waals surface area contributed by atoms with E-state index in [1.54, 1.807) is 18.9 Å². The third-order valence-corrected chi connectivity index (χ3v) is 7.09. The molecule has 1 heterocycles. The molecule has 0 aromatic heterocycles. The van der Waals surface area contributed by atoms with Gasteiger partial charge in [0.15, 0.2) is 0 Å². The lowest BCUT2D eigenvalue weighted by Gasteiger charge is -2.36. The minimum atomic E-state index is 0.0824. The lowest BCUT2D eigenvalue weighted by molar-refractivity contribution is 0.0746. The molecule has 1 saturated heterocycles. The van der Waals surface area contributed by atoms with Crippen LogP contribution in [-0.4, -0.2) is 50.7 Å². The maximum atomic E-state index is 13.3. The van der Waals surface area contributed by atoms with E-state index in [2.05, 4.69) is 48.2 Å². The molecule has 3 aromatic rings. The highest BCUT2D eigenvalue weighted by molar-refractivity contribution is 7.98. The molecule has 0 atom stereocenters. The zero-order chi connectivity index (χ0) is 23.9. The first-order chi connectivity index (χ1) is 16.6. The molecule has 1 amide bonds. The predicted octanol–water partition coefficient (Wildman–Crippen LogP) is 5.66. The van der Waals surface area contributed by atoms with Crippen LogP contribution in [0.5, 0.6) is 11.5 Å². The second-order valence-corrected chi connectivity index (χ2v) is 9.38. The summed E-state index contributed by atoms with van der Waals surface area (Å²) in [6.45, 7) is 7.70. The van der Waals surface area contributed by atoms with Gasteiger partial charge in [0.1, 0.15) is 11.5 Å². The normalized spacial score (nSPS) is 13.6. The standard InChI is InChI=1S/C28H32N2O3S/c1-4-33-27-14-7-22(19-23(27)20-34-26-12-5-21(2)6-13-26)28(31)30-17-15-29(16-18-30)24-8-10-25(32-3)11-9-24/h5-14,19H,4,15-18,20H2,1-3H3. The molecule has 0 unspecified atom stereocenters. The summed E-state index contributed by atoms with van der Waals surface area (Å²) in [4.78, 5) is 18.8. The molecule has 0 N–H and O–H groups in total. The van der Waals surface area contributed by atoms with Gasteiger partial charge in [0.2, 0.25) is 0 Å². The monoisotopic (exact) mass is 476 g/mol. The van der Waals surface area contributed by atoms with E-state index < -0.39 is 0 Å². The first kappa shape index (κ1) is 24.0. The van der Waals surface area contributed by atoms with Crippen LogP contribution in [0.15, 0.2) is 71.6 Å². The van der Waals surface area contributed by atoms with Crippen molar-refractivity contribution in [1.29, 1.82) is 0 Å². The SMILES string of the molecule is CCOc1ccc(C(=O)N2CCN(c3ccc(OC)cc3)CC2)cc1CSc1ccc(C)cc1. The molecule has 3 aromatic carbocycles. The summed E-state index contributed by atoms with van der Waals surface area (Å²) in [5.74, 6) is 2.54. The molecular weight excluding hydrogens is 444 g/mol. The van der Waals surface area contributed by atoms with Crippen LogP contribution in [0.2, 0.25) is 0 Å². The first-order valence-corrected chi connectivity index (χ1v) is 12.7. The van der Waals surface area contributed by atoms with E-state index in [4.69, 9.17) is 9.47 Å². The number of benzene rings is 3. The molecule has 1 aliphatic rings. The summed E-state index contributed by atoms with van der Waals surface area (Å²) >= 11 is 1.76. The third-order valence-electron chi connectivity index (χ3n) is 6.03. The van der Waals surface area contributed by atoms with E-state index in [-0.39, 0.29) is 5.91 Å². The Labute approximate surface area is 206 Å². The van der Waals surface area contributed by atoms with E-state index in [9.17, 15) is 4.79 Å². The van der Waals surface area contributed by atoms with Gasteiger partial charge in [-0.3, -0.25) is 4.79 Å². The Balaban J connectivity index is 1.41. The molecule has 0 bridgehead atoms. The van der Waals surface area contributed by atoms with Crippen molar-refractivity contribution in [2.24, 2.45) is 0 Å². The van der Waals surface area contributed by atoms with Gasteiger partial charge in [-0.25, -0.2) is 0 Å². The van der Waals surface area contributed by atoms with Crippen LogP contribution in [-0.2, 0) is 5.75 Å². The Bertz CT molecular complexity index is 1090. The molecule has 5 nitrogen and oxygen atoms in total. The van der Waals surface area contributed by atoms with Crippen LogP contribution < -0.4 is 14.4 Å². The van der Waals surface area contributed by atoms with Gasteiger partial charge >= 0.3 is 0 Å². The molecule has 1 aliphatic heterocycles. The van der Waals surface area contributed by atoms with E-state index in [1.165, 1.54) is 10.5 Å². The van der Waals surface area contributed by atoms with Crippen molar-refractivity contribution in [2.45, 2.75) is 24.5 Å².